The van der Waals surface area contributed by atoms with E-state index < -0.39 is 0 Å². The normalized spacial score (nSPS) is 13.8. The molecular weight excluding hydrogens is 148 g/mol. The minimum atomic E-state index is -0.0426. The summed E-state index contributed by atoms with van der Waals surface area (Å²) >= 11 is 0. The van der Waals surface area contributed by atoms with Gasteiger partial charge in [0, 0.05) is 0 Å². The number of aliphatic hydroxyl groups is 1. The molecule has 0 aliphatic rings. The summed E-state index contributed by atoms with van der Waals surface area (Å²) in [6.45, 7) is 6.61. The Morgan fingerprint density at radius 2 is 1.67 bits per heavy atom. The standard InChI is InChI=1S/C11H24O/c1-4-5-6-7-11(12)9-8-10(2)3/h10-12H,4-9H2,1-3H3/t11-/m0/s1. The summed E-state index contributed by atoms with van der Waals surface area (Å²) in [5.74, 6) is 0.728. The second kappa shape index (κ2) is 7.60. The Balaban J connectivity index is 3.15. The zero-order valence-corrected chi connectivity index (χ0v) is 8.84. The molecule has 1 nitrogen and oxygen atoms in total. The van der Waals surface area contributed by atoms with Gasteiger partial charge in [0.1, 0.15) is 0 Å². The fourth-order valence-electron chi connectivity index (χ4n) is 1.30. The largest absolute Gasteiger partial charge is 0.393 e. The molecule has 0 aromatic heterocycles. The van der Waals surface area contributed by atoms with Gasteiger partial charge in [-0.25, -0.2) is 0 Å². The molecule has 0 unspecified atom stereocenters. The van der Waals surface area contributed by atoms with Crippen LogP contribution in [-0.2, 0) is 0 Å². The smallest absolute Gasteiger partial charge is 0.0540 e. The molecule has 0 spiro atoms. The van der Waals surface area contributed by atoms with Gasteiger partial charge in [0.15, 0.2) is 0 Å². The van der Waals surface area contributed by atoms with Crippen LogP contribution in [0.15, 0.2) is 0 Å². The zero-order chi connectivity index (χ0) is 9.40. The first kappa shape index (κ1) is 12.0. The molecular formula is C11H24O. The van der Waals surface area contributed by atoms with Gasteiger partial charge in [-0.05, 0) is 25.2 Å². The van der Waals surface area contributed by atoms with E-state index >= 15 is 0 Å². The van der Waals surface area contributed by atoms with E-state index in [-0.39, 0.29) is 6.10 Å². The summed E-state index contributed by atoms with van der Waals surface area (Å²) in [4.78, 5) is 0. The fourth-order valence-corrected chi connectivity index (χ4v) is 1.30. The lowest BCUT2D eigenvalue weighted by Crippen LogP contribution is -2.07. The topological polar surface area (TPSA) is 20.2 Å². The van der Waals surface area contributed by atoms with Crippen molar-refractivity contribution in [1.29, 1.82) is 0 Å². The highest BCUT2D eigenvalue weighted by Gasteiger charge is 2.04. The number of unbranched alkanes of at least 4 members (excludes halogenated alkanes) is 2. The first-order valence-corrected chi connectivity index (χ1v) is 5.34. The predicted octanol–water partition coefficient (Wildman–Crippen LogP) is 3.36. The van der Waals surface area contributed by atoms with E-state index in [0.29, 0.717) is 0 Å². The lowest BCUT2D eigenvalue weighted by atomic mass is 10.0. The average molecular weight is 172 g/mol. The predicted molar refractivity (Wildman–Crippen MR) is 54.2 cm³/mol. The molecule has 0 fully saturated rings. The van der Waals surface area contributed by atoms with Gasteiger partial charge in [-0.1, -0.05) is 40.0 Å². The lowest BCUT2D eigenvalue weighted by Gasteiger charge is -2.11. The highest BCUT2D eigenvalue weighted by molar-refractivity contribution is 4.57. The van der Waals surface area contributed by atoms with Crippen molar-refractivity contribution in [3.8, 4) is 0 Å². The minimum Gasteiger partial charge on any atom is -0.393 e. The number of hydrogen-bond acceptors (Lipinski definition) is 1. The Kier molecular flexibility index (Phi) is 7.58. The molecule has 0 amide bonds. The monoisotopic (exact) mass is 172 g/mol. The molecule has 0 aliphatic carbocycles. The van der Waals surface area contributed by atoms with Crippen molar-refractivity contribution < 1.29 is 5.11 Å². The first-order valence-electron chi connectivity index (χ1n) is 5.34. The van der Waals surface area contributed by atoms with E-state index in [1.54, 1.807) is 0 Å². The van der Waals surface area contributed by atoms with Crippen molar-refractivity contribution in [2.45, 2.75) is 65.4 Å². The van der Waals surface area contributed by atoms with Crippen LogP contribution in [0.5, 0.6) is 0 Å². The van der Waals surface area contributed by atoms with E-state index in [0.717, 1.165) is 25.2 Å². The van der Waals surface area contributed by atoms with Crippen molar-refractivity contribution in [3.63, 3.8) is 0 Å². The van der Waals surface area contributed by atoms with Gasteiger partial charge in [0.2, 0.25) is 0 Å². The zero-order valence-electron chi connectivity index (χ0n) is 8.84. The van der Waals surface area contributed by atoms with Gasteiger partial charge >= 0.3 is 0 Å². The van der Waals surface area contributed by atoms with Crippen LogP contribution in [0.1, 0.15) is 59.3 Å². The molecule has 1 N–H and O–H groups in total. The maximum absolute atomic E-state index is 9.52. The van der Waals surface area contributed by atoms with Crippen LogP contribution in [0.3, 0.4) is 0 Å². The molecule has 1 atom stereocenters. The molecule has 0 radical (unpaired) electrons. The highest BCUT2D eigenvalue weighted by Crippen LogP contribution is 2.11. The average Bonchev–Trinajstić information content (AvgIpc) is 2.01. The molecule has 74 valence electrons. The molecule has 1 heteroatoms. The van der Waals surface area contributed by atoms with Gasteiger partial charge in [-0.3, -0.25) is 0 Å². The van der Waals surface area contributed by atoms with Gasteiger partial charge in [-0.15, -0.1) is 0 Å². The first-order chi connectivity index (χ1) is 5.66. The summed E-state index contributed by atoms with van der Waals surface area (Å²) in [7, 11) is 0. The molecule has 0 saturated heterocycles. The van der Waals surface area contributed by atoms with Crippen molar-refractivity contribution in [1.82, 2.24) is 0 Å². The third-order valence-electron chi connectivity index (χ3n) is 2.22. The maximum Gasteiger partial charge on any atom is 0.0540 e. The SMILES string of the molecule is CCCCC[C@H](O)CCC(C)C. The number of rotatable bonds is 7. The number of aliphatic hydroxyl groups excluding tert-OH is 1. The molecule has 0 aliphatic heterocycles. The van der Waals surface area contributed by atoms with E-state index in [4.69, 9.17) is 0 Å². The summed E-state index contributed by atoms with van der Waals surface area (Å²) in [6, 6.07) is 0. The molecule has 0 bridgehead atoms. The van der Waals surface area contributed by atoms with Crippen LogP contribution in [0, 0.1) is 5.92 Å². The molecule has 0 heterocycles. The quantitative estimate of drug-likeness (QED) is 0.584. The molecule has 12 heavy (non-hydrogen) atoms. The van der Waals surface area contributed by atoms with Crippen LogP contribution in [0.2, 0.25) is 0 Å². The van der Waals surface area contributed by atoms with Crippen molar-refractivity contribution in [2.75, 3.05) is 0 Å². The molecule has 0 saturated carbocycles. The summed E-state index contributed by atoms with van der Waals surface area (Å²) in [5.41, 5.74) is 0. The number of hydrogen-bond donors (Lipinski definition) is 1. The van der Waals surface area contributed by atoms with Crippen LogP contribution in [0.25, 0.3) is 0 Å². The lowest BCUT2D eigenvalue weighted by molar-refractivity contribution is 0.143. The van der Waals surface area contributed by atoms with Gasteiger partial charge in [-0.2, -0.15) is 0 Å². The second-order valence-corrected chi connectivity index (χ2v) is 4.12. The van der Waals surface area contributed by atoms with Gasteiger partial charge in [0.25, 0.3) is 0 Å². The van der Waals surface area contributed by atoms with E-state index in [2.05, 4.69) is 20.8 Å². The van der Waals surface area contributed by atoms with E-state index in [9.17, 15) is 5.11 Å². The fraction of sp³-hybridized carbons (Fsp3) is 1.00. The molecule has 0 aromatic rings. The minimum absolute atomic E-state index is 0.0426. The summed E-state index contributed by atoms with van der Waals surface area (Å²) < 4.78 is 0. The third-order valence-corrected chi connectivity index (χ3v) is 2.22. The van der Waals surface area contributed by atoms with Crippen LogP contribution < -0.4 is 0 Å². The van der Waals surface area contributed by atoms with Crippen LogP contribution in [-0.4, -0.2) is 11.2 Å². The Labute approximate surface area is 77.2 Å². The summed E-state index contributed by atoms with van der Waals surface area (Å²) in [5, 5.41) is 9.52. The Morgan fingerprint density at radius 1 is 1.00 bits per heavy atom. The molecule has 0 rings (SSSR count). The van der Waals surface area contributed by atoms with Crippen molar-refractivity contribution in [2.24, 2.45) is 5.92 Å². The van der Waals surface area contributed by atoms with Gasteiger partial charge < -0.3 is 5.11 Å². The Hall–Kier alpha value is -0.0400. The maximum atomic E-state index is 9.52. The molecule has 0 aromatic carbocycles. The second-order valence-electron chi connectivity index (χ2n) is 4.12. The van der Waals surface area contributed by atoms with Gasteiger partial charge in [0.05, 0.1) is 6.10 Å². The Morgan fingerprint density at radius 3 is 2.17 bits per heavy atom. The highest BCUT2D eigenvalue weighted by atomic mass is 16.3. The van der Waals surface area contributed by atoms with Crippen molar-refractivity contribution >= 4 is 0 Å². The van der Waals surface area contributed by atoms with E-state index in [1.807, 2.05) is 0 Å². The third kappa shape index (κ3) is 8.06. The van der Waals surface area contributed by atoms with Crippen LogP contribution >= 0.6 is 0 Å². The van der Waals surface area contributed by atoms with Crippen LogP contribution in [0.4, 0.5) is 0 Å². The van der Waals surface area contributed by atoms with E-state index in [1.165, 1.54) is 19.3 Å². The summed E-state index contributed by atoms with van der Waals surface area (Å²) in [6.07, 6.45) is 6.81. The Bertz CT molecular complexity index is 89.0. The van der Waals surface area contributed by atoms with Crippen molar-refractivity contribution in [3.05, 3.63) is 0 Å².